The summed E-state index contributed by atoms with van der Waals surface area (Å²) < 4.78 is 5.82. The van der Waals surface area contributed by atoms with Crippen LogP contribution in [0.25, 0.3) is 0 Å². The molecule has 3 aromatic carbocycles. The van der Waals surface area contributed by atoms with Gasteiger partial charge in [-0.05, 0) is 79.1 Å². The van der Waals surface area contributed by atoms with Crippen molar-refractivity contribution < 1.29 is 9.53 Å². The fourth-order valence-electron chi connectivity index (χ4n) is 4.11. The van der Waals surface area contributed by atoms with E-state index in [9.17, 15) is 4.79 Å². The summed E-state index contributed by atoms with van der Waals surface area (Å²) in [5, 5.41) is 3.88. The van der Waals surface area contributed by atoms with Crippen LogP contribution in [0.15, 0.2) is 66.7 Å². The molecule has 0 fully saturated rings. The lowest BCUT2D eigenvalue weighted by atomic mass is 9.88. The van der Waals surface area contributed by atoms with Crippen molar-refractivity contribution in [2.75, 3.05) is 0 Å². The van der Waals surface area contributed by atoms with E-state index >= 15 is 0 Å². The van der Waals surface area contributed by atoms with Gasteiger partial charge < -0.3 is 10.1 Å². The van der Waals surface area contributed by atoms with Crippen LogP contribution in [0.1, 0.15) is 64.8 Å². The van der Waals surface area contributed by atoms with Crippen molar-refractivity contribution in [3.05, 3.63) is 99.6 Å². The molecule has 4 heteroatoms. The van der Waals surface area contributed by atoms with Crippen LogP contribution < -0.4 is 10.1 Å². The SMILES string of the molecule is CCC(NC(=O)c1ccc(OCc2ccccc2Cl)cc1)c1ccc2c(c1)CCCC2. The van der Waals surface area contributed by atoms with E-state index in [4.69, 9.17) is 16.3 Å². The largest absolute Gasteiger partial charge is 0.489 e. The van der Waals surface area contributed by atoms with E-state index in [1.54, 1.807) is 12.1 Å². The fraction of sp³-hybridized carbons (Fsp3) is 0.296. The van der Waals surface area contributed by atoms with E-state index in [-0.39, 0.29) is 11.9 Å². The third-order valence-electron chi connectivity index (χ3n) is 5.96. The van der Waals surface area contributed by atoms with Gasteiger partial charge in [-0.2, -0.15) is 0 Å². The number of hydrogen-bond donors (Lipinski definition) is 1. The van der Waals surface area contributed by atoms with Crippen LogP contribution in [-0.2, 0) is 19.4 Å². The first-order chi connectivity index (χ1) is 15.1. The Labute approximate surface area is 189 Å². The van der Waals surface area contributed by atoms with E-state index < -0.39 is 0 Å². The lowest BCUT2D eigenvalue weighted by Crippen LogP contribution is -2.28. The van der Waals surface area contributed by atoms with E-state index in [1.165, 1.54) is 36.0 Å². The Kier molecular flexibility index (Phi) is 6.93. The molecule has 31 heavy (non-hydrogen) atoms. The topological polar surface area (TPSA) is 38.3 Å². The van der Waals surface area contributed by atoms with Gasteiger partial charge in [0.2, 0.25) is 0 Å². The molecule has 0 aliphatic heterocycles. The molecule has 1 atom stereocenters. The molecule has 1 aliphatic rings. The molecule has 0 saturated heterocycles. The maximum atomic E-state index is 12.8. The molecule has 1 aliphatic carbocycles. The summed E-state index contributed by atoms with van der Waals surface area (Å²) in [5.41, 5.74) is 5.65. The minimum atomic E-state index is -0.0674. The van der Waals surface area contributed by atoms with Crippen molar-refractivity contribution in [1.29, 1.82) is 0 Å². The molecule has 0 saturated carbocycles. The first-order valence-electron chi connectivity index (χ1n) is 11.0. The number of hydrogen-bond acceptors (Lipinski definition) is 2. The van der Waals surface area contributed by atoms with Crippen molar-refractivity contribution in [3.63, 3.8) is 0 Å². The fourth-order valence-corrected chi connectivity index (χ4v) is 4.30. The third-order valence-corrected chi connectivity index (χ3v) is 6.33. The summed E-state index contributed by atoms with van der Waals surface area (Å²) in [6, 6.07) is 21.6. The minimum Gasteiger partial charge on any atom is -0.489 e. The Balaban J connectivity index is 1.39. The molecule has 1 unspecified atom stereocenters. The number of aryl methyl sites for hydroxylation is 2. The highest BCUT2D eigenvalue weighted by Gasteiger charge is 2.17. The molecule has 0 spiro atoms. The Bertz CT molecular complexity index is 1050. The van der Waals surface area contributed by atoms with Crippen LogP contribution in [0.4, 0.5) is 0 Å². The summed E-state index contributed by atoms with van der Waals surface area (Å²) in [6.07, 6.45) is 5.69. The van der Waals surface area contributed by atoms with Gasteiger partial charge in [-0.15, -0.1) is 0 Å². The number of amides is 1. The maximum Gasteiger partial charge on any atom is 0.251 e. The second-order valence-corrected chi connectivity index (χ2v) is 8.48. The summed E-state index contributed by atoms with van der Waals surface area (Å²) in [4.78, 5) is 12.8. The normalized spacial score (nSPS) is 13.9. The van der Waals surface area contributed by atoms with Crippen LogP contribution in [0, 0.1) is 0 Å². The van der Waals surface area contributed by atoms with E-state index in [1.807, 2.05) is 36.4 Å². The van der Waals surface area contributed by atoms with Crippen LogP contribution in [0.5, 0.6) is 5.75 Å². The minimum absolute atomic E-state index is 0.0101. The smallest absolute Gasteiger partial charge is 0.251 e. The second-order valence-electron chi connectivity index (χ2n) is 8.07. The molecular formula is C27H28ClNO2. The van der Waals surface area contributed by atoms with Gasteiger partial charge in [0.15, 0.2) is 0 Å². The number of carbonyl (C=O) groups is 1. The molecule has 3 aromatic rings. The molecule has 1 amide bonds. The molecule has 0 bridgehead atoms. The Hall–Kier alpha value is -2.78. The predicted molar refractivity (Wildman–Crippen MR) is 126 cm³/mol. The van der Waals surface area contributed by atoms with Crippen molar-refractivity contribution in [3.8, 4) is 5.75 Å². The molecular weight excluding hydrogens is 406 g/mol. The highest BCUT2D eigenvalue weighted by molar-refractivity contribution is 6.31. The zero-order chi connectivity index (χ0) is 21.6. The van der Waals surface area contributed by atoms with Gasteiger partial charge in [-0.3, -0.25) is 4.79 Å². The number of rotatable bonds is 7. The summed E-state index contributed by atoms with van der Waals surface area (Å²) in [5.74, 6) is 0.639. The predicted octanol–water partition coefficient (Wildman–Crippen LogP) is 6.68. The summed E-state index contributed by atoms with van der Waals surface area (Å²) in [7, 11) is 0. The molecule has 1 N–H and O–H groups in total. The van der Waals surface area contributed by atoms with Crippen molar-refractivity contribution in [2.45, 2.75) is 51.7 Å². The molecule has 4 rings (SSSR count). The molecule has 0 radical (unpaired) electrons. The summed E-state index contributed by atoms with van der Waals surface area (Å²) in [6.45, 7) is 2.50. The van der Waals surface area contributed by atoms with Crippen molar-refractivity contribution >= 4 is 17.5 Å². The number of nitrogens with one attached hydrogen (secondary N) is 1. The molecule has 0 aromatic heterocycles. The second kappa shape index (κ2) is 10.0. The number of halogens is 1. The molecule has 160 valence electrons. The van der Waals surface area contributed by atoms with Gasteiger partial charge in [0.05, 0.1) is 6.04 Å². The van der Waals surface area contributed by atoms with Gasteiger partial charge in [0, 0.05) is 16.1 Å². The van der Waals surface area contributed by atoms with Crippen LogP contribution in [0.3, 0.4) is 0 Å². The molecule has 3 nitrogen and oxygen atoms in total. The average Bonchev–Trinajstić information content (AvgIpc) is 2.82. The maximum absolute atomic E-state index is 12.8. The van der Waals surface area contributed by atoms with Gasteiger partial charge in [0.25, 0.3) is 5.91 Å². The lowest BCUT2D eigenvalue weighted by molar-refractivity contribution is 0.0935. The van der Waals surface area contributed by atoms with E-state index in [0.29, 0.717) is 22.9 Å². The van der Waals surface area contributed by atoms with Crippen molar-refractivity contribution in [1.82, 2.24) is 5.32 Å². The summed E-state index contributed by atoms with van der Waals surface area (Å²) >= 11 is 6.18. The molecule has 0 heterocycles. The standard InChI is InChI=1S/C27H28ClNO2/c1-2-26(22-12-11-19-7-3-4-8-21(19)17-22)29-27(30)20-13-15-24(16-14-20)31-18-23-9-5-6-10-25(23)28/h5-6,9-17,26H,2-4,7-8,18H2,1H3,(H,29,30). The van der Waals surface area contributed by atoms with Crippen LogP contribution in [0.2, 0.25) is 5.02 Å². The van der Waals surface area contributed by atoms with Gasteiger partial charge in [-0.1, -0.05) is 54.9 Å². The Morgan fingerprint density at radius 2 is 1.74 bits per heavy atom. The number of fused-ring (bicyclic) bond motifs is 1. The van der Waals surface area contributed by atoms with Crippen LogP contribution >= 0.6 is 11.6 Å². The lowest BCUT2D eigenvalue weighted by Gasteiger charge is -2.22. The zero-order valence-corrected chi connectivity index (χ0v) is 18.6. The zero-order valence-electron chi connectivity index (χ0n) is 17.9. The van der Waals surface area contributed by atoms with Crippen LogP contribution in [-0.4, -0.2) is 5.91 Å². The van der Waals surface area contributed by atoms with Gasteiger partial charge in [0.1, 0.15) is 12.4 Å². The Morgan fingerprint density at radius 1 is 1.00 bits per heavy atom. The number of ether oxygens (including phenoxy) is 1. The average molecular weight is 434 g/mol. The van der Waals surface area contributed by atoms with Gasteiger partial charge >= 0.3 is 0 Å². The third kappa shape index (κ3) is 5.29. The Morgan fingerprint density at radius 3 is 2.48 bits per heavy atom. The van der Waals surface area contributed by atoms with Crippen molar-refractivity contribution in [2.24, 2.45) is 0 Å². The number of benzene rings is 3. The highest BCUT2D eigenvalue weighted by Crippen LogP contribution is 2.26. The van der Waals surface area contributed by atoms with Gasteiger partial charge in [-0.25, -0.2) is 0 Å². The van der Waals surface area contributed by atoms with E-state index in [2.05, 4.69) is 30.4 Å². The monoisotopic (exact) mass is 433 g/mol. The highest BCUT2D eigenvalue weighted by atomic mass is 35.5. The quantitative estimate of drug-likeness (QED) is 0.451. The first kappa shape index (κ1) is 21.5. The first-order valence-corrected chi connectivity index (χ1v) is 11.4. The van der Waals surface area contributed by atoms with E-state index in [0.717, 1.165) is 18.4 Å². The number of carbonyl (C=O) groups excluding carboxylic acids is 1.